The predicted molar refractivity (Wildman–Crippen MR) is 56.5 cm³/mol. The third-order valence-corrected chi connectivity index (χ3v) is 3.16. The maximum atomic E-state index is 6.04. The molecule has 1 rings (SSSR count). The Morgan fingerprint density at radius 2 is 2.23 bits per heavy atom. The van der Waals surface area contributed by atoms with Gasteiger partial charge in [-0.1, -0.05) is 13.3 Å². The molecule has 0 aliphatic carbocycles. The van der Waals surface area contributed by atoms with Crippen LogP contribution < -0.4 is 16.8 Å². The van der Waals surface area contributed by atoms with E-state index in [0.29, 0.717) is 18.5 Å². The zero-order valence-corrected chi connectivity index (χ0v) is 8.63. The first-order valence-corrected chi connectivity index (χ1v) is 5.48. The number of rotatable bonds is 4. The van der Waals surface area contributed by atoms with Crippen LogP contribution in [0.1, 0.15) is 32.6 Å². The summed E-state index contributed by atoms with van der Waals surface area (Å²) in [6.45, 7) is 3.99. The minimum Gasteiger partial charge on any atom is -0.330 e. The van der Waals surface area contributed by atoms with E-state index >= 15 is 0 Å². The highest BCUT2D eigenvalue weighted by molar-refractivity contribution is 4.86. The van der Waals surface area contributed by atoms with Gasteiger partial charge < -0.3 is 16.8 Å². The summed E-state index contributed by atoms with van der Waals surface area (Å²) in [7, 11) is 0. The van der Waals surface area contributed by atoms with Crippen molar-refractivity contribution >= 4 is 0 Å². The molecule has 1 aliphatic heterocycles. The van der Waals surface area contributed by atoms with E-state index in [4.69, 9.17) is 11.5 Å². The highest BCUT2D eigenvalue weighted by atomic mass is 14.9. The monoisotopic (exact) mass is 185 g/mol. The minimum absolute atomic E-state index is 0.264. The summed E-state index contributed by atoms with van der Waals surface area (Å²) in [6, 6.07) is 0.828. The Morgan fingerprint density at radius 3 is 2.69 bits per heavy atom. The molecule has 0 aromatic heterocycles. The fourth-order valence-electron chi connectivity index (χ4n) is 2.18. The Morgan fingerprint density at radius 1 is 1.46 bits per heavy atom. The number of piperidine rings is 1. The van der Waals surface area contributed by atoms with Crippen LogP contribution in [-0.2, 0) is 0 Å². The molecule has 1 fully saturated rings. The van der Waals surface area contributed by atoms with Gasteiger partial charge in [-0.3, -0.25) is 0 Å². The molecule has 0 aromatic carbocycles. The fourth-order valence-corrected chi connectivity index (χ4v) is 2.18. The van der Waals surface area contributed by atoms with Crippen molar-refractivity contribution < 1.29 is 0 Å². The van der Waals surface area contributed by atoms with Crippen LogP contribution in [-0.4, -0.2) is 25.2 Å². The molecule has 1 aliphatic rings. The van der Waals surface area contributed by atoms with Crippen molar-refractivity contribution in [3.63, 3.8) is 0 Å². The van der Waals surface area contributed by atoms with Crippen molar-refractivity contribution in [3.8, 4) is 0 Å². The van der Waals surface area contributed by atoms with Gasteiger partial charge in [0.2, 0.25) is 0 Å². The predicted octanol–water partition coefficient (Wildman–Crippen LogP) is 0.441. The van der Waals surface area contributed by atoms with Crippen LogP contribution in [0.25, 0.3) is 0 Å². The molecule has 0 aromatic rings. The lowest BCUT2D eigenvalue weighted by Crippen LogP contribution is -2.50. The van der Waals surface area contributed by atoms with Gasteiger partial charge >= 0.3 is 0 Å². The standard InChI is InChI=1S/C10H23N3/c1-2-9(12)8(7-11)10-5-3-4-6-13-10/h8-10,13H,2-7,11-12H2,1H3. The Kier molecular flexibility index (Phi) is 4.70. The molecule has 3 unspecified atom stereocenters. The van der Waals surface area contributed by atoms with E-state index in [0.717, 1.165) is 13.0 Å². The second-order valence-electron chi connectivity index (χ2n) is 4.03. The Bertz CT molecular complexity index is 132. The molecular weight excluding hydrogens is 162 g/mol. The lowest BCUT2D eigenvalue weighted by molar-refractivity contribution is 0.260. The Balaban J connectivity index is 2.43. The zero-order chi connectivity index (χ0) is 9.68. The SMILES string of the molecule is CCC(N)C(CN)C1CCCCN1. The van der Waals surface area contributed by atoms with E-state index in [1.54, 1.807) is 0 Å². The molecule has 3 nitrogen and oxygen atoms in total. The lowest BCUT2D eigenvalue weighted by Gasteiger charge is -2.33. The van der Waals surface area contributed by atoms with Gasteiger partial charge in [-0.15, -0.1) is 0 Å². The minimum atomic E-state index is 0.264. The normalized spacial score (nSPS) is 28.4. The second kappa shape index (κ2) is 5.58. The van der Waals surface area contributed by atoms with Crippen LogP contribution in [0.5, 0.6) is 0 Å². The quantitative estimate of drug-likeness (QED) is 0.595. The van der Waals surface area contributed by atoms with Gasteiger partial charge in [-0.2, -0.15) is 0 Å². The summed E-state index contributed by atoms with van der Waals surface area (Å²) in [5.74, 6) is 0.463. The van der Waals surface area contributed by atoms with Crippen molar-refractivity contribution in [1.82, 2.24) is 5.32 Å². The van der Waals surface area contributed by atoms with E-state index in [2.05, 4.69) is 12.2 Å². The molecule has 0 amide bonds. The van der Waals surface area contributed by atoms with E-state index in [1.807, 2.05) is 0 Å². The molecule has 0 bridgehead atoms. The van der Waals surface area contributed by atoms with E-state index < -0.39 is 0 Å². The summed E-state index contributed by atoms with van der Waals surface area (Å²) >= 11 is 0. The molecule has 13 heavy (non-hydrogen) atoms. The van der Waals surface area contributed by atoms with E-state index in [9.17, 15) is 0 Å². The largest absolute Gasteiger partial charge is 0.330 e. The first-order valence-electron chi connectivity index (χ1n) is 5.48. The van der Waals surface area contributed by atoms with Crippen molar-refractivity contribution in [1.29, 1.82) is 0 Å². The summed E-state index contributed by atoms with van der Waals surface area (Å²) in [6.07, 6.45) is 4.90. The molecule has 1 heterocycles. The topological polar surface area (TPSA) is 64.1 Å². The van der Waals surface area contributed by atoms with Crippen LogP contribution in [0.4, 0.5) is 0 Å². The molecule has 3 atom stereocenters. The summed E-state index contributed by atoms with van der Waals surface area (Å²) in [4.78, 5) is 0. The smallest absolute Gasteiger partial charge is 0.0122 e. The van der Waals surface area contributed by atoms with Crippen LogP contribution >= 0.6 is 0 Å². The van der Waals surface area contributed by atoms with Gasteiger partial charge in [0.05, 0.1) is 0 Å². The molecule has 78 valence electrons. The molecule has 0 saturated carbocycles. The van der Waals surface area contributed by atoms with Crippen LogP contribution in [0.15, 0.2) is 0 Å². The maximum Gasteiger partial charge on any atom is 0.0122 e. The van der Waals surface area contributed by atoms with Crippen LogP contribution in [0, 0.1) is 5.92 Å². The highest BCUT2D eigenvalue weighted by Gasteiger charge is 2.25. The van der Waals surface area contributed by atoms with Gasteiger partial charge in [0, 0.05) is 18.0 Å². The maximum absolute atomic E-state index is 6.04. The fraction of sp³-hybridized carbons (Fsp3) is 1.00. The third kappa shape index (κ3) is 2.93. The van der Waals surface area contributed by atoms with Gasteiger partial charge in [0.1, 0.15) is 0 Å². The molecule has 3 heteroatoms. The average Bonchev–Trinajstić information content (AvgIpc) is 2.20. The van der Waals surface area contributed by atoms with Crippen molar-refractivity contribution in [2.45, 2.75) is 44.7 Å². The summed E-state index contributed by atoms with van der Waals surface area (Å²) in [5.41, 5.74) is 11.8. The number of nitrogens with two attached hydrogens (primary N) is 2. The van der Waals surface area contributed by atoms with Gasteiger partial charge in [-0.05, 0) is 32.4 Å². The van der Waals surface area contributed by atoms with Gasteiger partial charge in [-0.25, -0.2) is 0 Å². The van der Waals surface area contributed by atoms with Gasteiger partial charge in [0.25, 0.3) is 0 Å². The molecular formula is C10H23N3. The highest BCUT2D eigenvalue weighted by Crippen LogP contribution is 2.17. The molecule has 1 saturated heterocycles. The van der Waals surface area contributed by atoms with E-state index in [1.165, 1.54) is 19.3 Å². The van der Waals surface area contributed by atoms with Crippen molar-refractivity contribution in [3.05, 3.63) is 0 Å². The molecule has 0 spiro atoms. The van der Waals surface area contributed by atoms with Crippen LogP contribution in [0.3, 0.4) is 0 Å². The molecule has 0 radical (unpaired) electrons. The lowest BCUT2D eigenvalue weighted by atomic mass is 9.86. The third-order valence-electron chi connectivity index (χ3n) is 3.16. The number of hydrogen-bond acceptors (Lipinski definition) is 3. The molecule has 5 N–H and O–H groups in total. The van der Waals surface area contributed by atoms with Crippen molar-refractivity contribution in [2.75, 3.05) is 13.1 Å². The Labute approximate surface area is 81.2 Å². The van der Waals surface area contributed by atoms with Crippen molar-refractivity contribution in [2.24, 2.45) is 17.4 Å². The van der Waals surface area contributed by atoms with Gasteiger partial charge in [0.15, 0.2) is 0 Å². The van der Waals surface area contributed by atoms with Crippen LogP contribution in [0.2, 0.25) is 0 Å². The second-order valence-corrected chi connectivity index (χ2v) is 4.03. The average molecular weight is 185 g/mol. The summed E-state index contributed by atoms with van der Waals surface area (Å²) in [5, 5.41) is 3.53. The Hall–Kier alpha value is -0.120. The first kappa shape index (κ1) is 11.0. The number of hydrogen-bond donors (Lipinski definition) is 3. The summed E-state index contributed by atoms with van der Waals surface area (Å²) < 4.78 is 0. The van der Waals surface area contributed by atoms with E-state index in [-0.39, 0.29) is 6.04 Å². The zero-order valence-electron chi connectivity index (χ0n) is 8.63. The first-order chi connectivity index (χ1) is 6.29. The number of nitrogens with one attached hydrogen (secondary N) is 1.